The lowest BCUT2D eigenvalue weighted by molar-refractivity contribution is -0.140. The summed E-state index contributed by atoms with van der Waals surface area (Å²) < 4.78 is 40.5. The first-order valence-electron chi connectivity index (χ1n) is 21.1. The van der Waals surface area contributed by atoms with Gasteiger partial charge in [-0.2, -0.15) is 0 Å². The van der Waals surface area contributed by atoms with Crippen LogP contribution in [0.3, 0.4) is 0 Å². The molecule has 1 unspecified atom stereocenters. The molecule has 3 N–H and O–H groups in total. The molecular formula is C46H56N6O7S2. The zero-order valence-electron chi connectivity index (χ0n) is 35.3. The maximum Gasteiger partial charge on any atom is 0.259 e. The molecule has 15 heteroatoms. The number of methoxy groups -OCH3 is 1. The van der Waals surface area contributed by atoms with Crippen LogP contribution in [-0.2, 0) is 24.4 Å². The van der Waals surface area contributed by atoms with Crippen LogP contribution >= 0.6 is 11.3 Å². The van der Waals surface area contributed by atoms with Crippen LogP contribution in [0.25, 0.3) is 21.6 Å². The molecule has 61 heavy (non-hydrogen) atoms. The Morgan fingerprint density at radius 3 is 2.48 bits per heavy atom. The number of pyridine rings is 1. The van der Waals surface area contributed by atoms with Crippen molar-refractivity contribution in [1.82, 2.24) is 24.9 Å². The fourth-order valence-corrected chi connectivity index (χ4v) is 10.4. The van der Waals surface area contributed by atoms with Gasteiger partial charge in [-0.25, -0.2) is 18.4 Å². The largest absolute Gasteiger partial charge is 0.496 e. The second-order valence-electron chi connectivity index (χ2n) is 16.7. The summed E-state index contributed by atoms with van der Waals surface area (Å²) in [6.45, 7) is 13.9. The standard InChI is InChI=1S/C46H56N6O7S2/c1-7-9-10-11-15-18-35(47-31-16-13-12-14-17-31)44(54)52-26-32(23-38(52)42(53)50-46(25-30(46)8-2)45(55)51-61(56,57)33-19-20-33)59-40-24-36(43-49-37(27-60-43)28(3)4)48-41-29(5)39(58-6)22-21-34(40)41/h7-8,12-14,16-17,21-22,24,27-28,30,32-33,35,38,47H,1-2,9-11,15,18-20,23,25-26H2,3-6H3,(H,50,53)(H,51,55)/t30?,32-,35+,38+,46-/m1/s1. The van der Waals surface area contributed by atoms with Crippen molar-refractivity contribution in [3.63, 3.8) is 0 Å². The SMILES string of the molecule is C=CCCCCC[C@H](Nc1ccccc1)C(=O)N1C[C@H](Oc2cc(-c3nc(C(C)C)cs3)nc3c(C)c(OC)ccc23)C[C@H]1C(=O)N[C@]1(C(=O)NS(=O)(=O)C2CC2)CC1C=C. The molecule has 1 aliphatic heterocycles. The van der Waals surface area contributed by atoms with E-state index in [1.54, 1.807) is 18.1 Å². The van der Waals surface area contributed by atoms with Gasteiger partial charge in [0, 0.05) is 40.4 Å². The maximum atomic E-state index is 14.9. The van der Waals surface area contributed by atoms with Gasteiger partial charge in [0.1, 0.15) is 45.9 Å². The molecule has 0 spiro atoms. The molecule has 324 valence electrons. The molecule has 2 aliphatic carbocycles. The number of para-hydroxylation sites is 1. The van der Waals surface area contributed by atoms with Crippen molar-refractivity contribution in [2.24, 2.45) is 5.92 Å². The number of hydrogen-bond donors (Lipinski definition) is 3. The molecule has 3 aliphatic rings. The third-order valence-electron chi connectivity index (χ3n) is 11.9. The Morgan fingerprint density at radius 2 is 1.82 bits per heavy atom. The van der Waals surface area contributed by atoms with Crippen LogP contribution in [0.4, 0.5) is 5.69 Å². The van der Waals surface area contributed by atoms with Crippen LogP contribution < -0.4 is 24.8 Å². The number of carbonyl (C=O) groups is 3. The summed E-state index contributed by atoms with van der Waals surface area (Å²) in [5.74, 6) is -0.731. The number of fused-ring (bicyclic) bond motifs is 1. The Balaban J connectivity index is 1.23. The third-order valence-corrected chi connectivity index (χ3v) is 14.6. The second kappa shape index (κ2) is 18.4. The summed E-state index contributed by atoms with van der Waals surface area (Å²) in [5.41, 5.74) is 2.33. The molecule has 3 amide bonds. The van der Waals surface area contributed by atoms with E-state index in [1.807, 2.05) is 66.9 Å². The quantitative estimate of drug-likeness (QED) is 0.0600. The highest BCUT2D eigenvalue weighted by Crippen LogP contribution is 2.46. The van der Waals surface area contributed by atoms with Gasteiger partial charge in [-0.05, 0) is 75.6 Å². The number of amides is 3. The molecule has 2 aromatic carbocycles. The molecule has 0 bridgehead atoms. The summed E-state index contributed by atoms with van der Waals surface area (Å²) >= 11 is 1.50. The third kappa shape index (κ3) is 9.62. The van der Waals surface area contributed by atoms with Crippen molar-refractivity contribution < 1.29 is 32.3 Å². The Labute approximate surface area is 362 Å². The monoisotopic (exact) mass is 868 g/mol. The number of allylic oxidation sites excluding steroid dienone is 1. The van der Waals surface area contributed by atoms with Gasteiger partial charge < -0.3 is 25.0 Å². The fourth-order valence-electron chi connectivity index (χ4n) is 8.06. The molecule has 3 fully saturated rings. The molecule has 0 radical (unpaired) electrons. The molecule has 5 atom stereocenters. The predicted molar refractivity (Wildman–Crippen MR) is 239 cm³/mol. The Hall–Kier alpha value is -5.28. The van der Waals surface area contributed by atoms with Crippen molar-refractivity contribution >= 4 is 55.7 Å². The topological polar surface area (TPSA) is 169 Å². The number of anilines is 1. The molecule has 3 heterocycles. The van der Waals surface area contributed by atoms with Crippen molar-refractivity contribution in [3.05, 3.63) is 90.5 Å². The summed E-state index contributed by atoms with van der Waals surface area (Å²) in [6, 6.07) is 13.4. The molecule has 7 rings (SSSR count). The number of hydrogen-bond acceptors (Lipinski definition) is 11. The number of nitrogens with zero attached hydrogens (tertiary/aromatic N) is 3. The Kier molecular flexibility index (Phi) is 13.2. The zero-order valence-corrected chi connectivity index (χ0v) is 36.9. The normalized spacial score (nSPS) is 21.5. The van der Waals surface area contributed by atoms with E-state index in [0.29, 0.717) is 42.0 Å². The molecule has 4 aromatic rings. The minimum atomic E-state index is -3.89. The number of rotatable bonds is 20. The number of ether oxygens (including phenoxy) is 2. The minimum Gasteiger partial charge on any atom is -0.496 e. The summed E-state index contributed by atoms with van der Waals surface area (Å²) in [5, 5.41) is 9.21. The number of likely N-dealkylation sites (tertiary alicyclic amines) is 1. The van der Waals surface area contributed by atoms with Crippen LogP contribution in [-0.4, -0.2) is 83.6 Å². The number of sulfonamides is 1. The molecule has 1 saturated heterocycles. The lowest BCUT2D eigenvalue weighted by atomic mass is 10.0. The smallest absolute Gasteiger partial charge is 0.259 e. The Bertz CT molecular complexity index is 2400. The molecular weight excluding hydrogens is 813 g/mol. The lowest BCUT2D eigenvalue weighted by Gasteiger charge is -2.30. The molecule has 2 saturated carbocycles. The van der Waals surface area contributed by atoms with E-state index in [9.17, 15) is 22.8 Å². The first kappa shape index (κ1) is 43.8. The molecule has 2 aromatic heterocycles. The van der Waals surface area contributed by atoms with Gasteiger partial charge in [-0.3, -0.25) is 19.1 Å². The van der Waals surface area contributed by atoms with Crippen LogP contribution in [0.1, 0.15) is 88.8 Å². The number of nitrogens with one attached hydrogen (secondary N) is 3. The molecule has 13 nitrogen and oxygen atoms in total. The van der Waals surface area contributed by atoms with Gasteiger partial charge in [0.05, 0.1) is 30.1 Å². The minimum absolute atomic E-state index is 0.0729. The summed E-state index contributed by atoms with van der Waals surface area (Å²) in [6.07, 6.45) is 8.01. The second-order valence-corrected chi connectivity index (χ2v) is 19.5. The van der Waals surface area contributed by atoms with Gasteiger partial charge in [0.15, 0.2) is 0 Å². The lowest BCUT2D eigenvalue weighted by Crippen LogP contribution is -2.57. The van der Waals surface area contributed by atoms with E-state index in [4.69, 9.17) is 19.4 Å². The first-order valence-corrected chi connectivity index (χ1v) is 23.6. The van der Waals surface area contributed by atoms with E-state index in [1.165, 1.54) is 11.3 Å². The van der Waals surface area contributed by atoms with E-state index in [0.717, 1.165) is 53.0 Å². The van der Waals surface area contributed by atoms with Gasteiger partial charge in [-0.1, -0.05) is 57.0 Å². The number of thiazole rings is 1. The van der Waals surface area contributed by atoms with Gasteiger partial charge in [0.2, 0.25) is 21.8 Å². The van der Waals surface area contributed by atoms with Gasteiger partial charge >= 0.3 is 0 Å². The van der Waals surface area contributed by atoms with Gasteiger partial charge in [-0.15, -0.1) is 24.5 Å². The first-order chi connectivity index (χ1) is 29.3. The predicted octanol–water partition coefficient (Wildman–Crippen LogP) is 7.43. The number of benzene rings is 2. The van der Waals surface area contributed by atoms with E-state index >= 15 is 0 Å². The fraction of sp³-hybridized carbons (Fsp3) is 0.457. The van der Waals surface area contributed by atoms with Gasteiger partial charge in [0.25, 0.3) is 5.91 Å². The van der Waals surface area contributed by atoms with E-state index in [-0.39, 0.29) is 31.2 Å². The highest BCUT2D eigenvalue weighted by molar-refractivity contribution is 7.91. The highest BCUT2D eigenvalue weighted by Gasteiger charge is 2.62. The summed E-state index contributed by atoms with van der Waals surface area (Å²) in [4.78, 5) is 54.7. The van der Waals surface area contributed by atoms with E-state index in [2.05, 4.69) is 42.4 Å². The average molecular weight is 869 g/mol. The summed E-state index contributed by atoms with van der Waals surface area (Å²) in [7, 11) is -2.28. The number of carbonyl (C=O) groups excluding carboxylic acids is 3. The Morgan fingerprint density at radius 1 is 1.05 bits per heavy atom. The highest BCUT2D eigenvalue weighted by atomic mass is 32.2. The zero-order chi connectivity index (χ0) is 43.5. The van der Waals surface area contributed by atoms with Crippen molar-refractivity contribution in [1.29, 1.82) is 0 Å². The van der Waals surface area contributed by atoms with E-state index < -0.39 is 56.7 Å². The number of aromatic nitrogens is 2. The number of aryl methyl sites for hydroxylation is 1. The van der Waals surface area contributed by atoms with Crippen LogP contribution in [0.15, 0.2) is 79.2 Å². The maximum absolute atomic E-state index is 14.9. The van der Waals surface area contributed by atoms with Crippen molar-refractivity contribution in [2.45, 2.75) is 113 Å². The average Bonchev–Trinajstić information content (AvgIpc) is 4.13. The number of unbranched alkanes of at least 4 members (excludes halogenated alkanes) is 3. The van der Waals surface area contributed by atoms with Crippen LogP contribution in [0.5, 0.6) is 11.5 Å². The van der Waals surface area contributed by atoms with Crippen LogP contribution in [0.2, 0.25) is 0 Å². The van der Waals surface area contributed by atoms with Crippen molar-refractivity contribution in [2.75, 3.05) is 19.0 Å². The van der Waals surface area contributed by atoms with Crippen molar-refractivity contribution in [3.8, 4) is 22.2 Å². The van der Waals surface area contributed by atoms with Crippen LogP contribution in [0, 0.1) is 12.8 Å².